The molecule has 1 fully saturated rings. The zero-order valence-electron chi connectivity index (χ0n) is 19.9. The molecule has 2 heterocycles. The summed E-state index contributed by atoms with van der Waals surface area (Å²) in [5.74, 6) is -0.386. The van der Waals surface area contributed by atoms with Crippen molar-refractivity contribution in [3.8, 4) is 28.4 Å². The van der Waals surface area contributed by atoms with Crippen LogP contribution in [-0.4, -0.2) is 70.8 Å². The third-order valence-electron chi connectivity index (χ3n) is 5.85. The van der Waals surface area contributed by atoms with Crippen molar-refractivity contribution in [2.45, 2.75) is 37.6 Å². The summed E-state index contributed by atoms with van der Waals surface area (Å²) >= 11 is 0. The molecule has 0 amide bonds. The van der Waals surface area contributed by atoms with Crippen molar-refractivity contribution in [1.82, 2.24) is 0 Å². The van der Waals surface area contributed by atoms with Crippen molar-refractivity contribution in [2.75, 3.05) is 13.7 Å². The highest BCUT2D eigenvalue weighted by Gasteiger charge is 2.45. The average Bonchev–Trinajstić information content (AvgIpc) is 2.88. The highest BCUT2D eigenvalue weighted by atomic mass is 16.7. The van der Waals surface area contributed by atoms with Crippen LogP contribution in [0.2, 0.25) is 0 Å². The number of methoxy groups -OCH3 is 1. The van der Waals surface area contributed by atoms with E-state index < -0.39 is 36.7 Å². The van der Waals surface area contributed by atoms with Crippen LogP contribution in [0, 0.1) is 0 Å². The molecule has 196 valence electrons. The Morgan fingerprint density at radius 1 is 1.08 bits per heavy atom. The van der Waals surface area contributed by atoms with Crippen LogP contribution in [0.15, 0.2) is 64.0 Å². The van der Waals surface area contributed by atoms with Crippen molar-refractivity contribution in [2.24, 2.45) is 0 Å². The maximum Gasteiger partial charge on any atom is 0.330 e. The molecule has 2 aromatic carbocycles. The minimum absolute atomic E-state index is 0.128. The van der Waals surface area contributed by atoms with Crippen molar-refractivity contribution >= 4 is 16.9 Å². The zero-order chi connectivity index (χ0) is 26.7. The first-order valence-corrected chi connectivity index (χ1v) is 11.3. The smallest absolute Gasteiger partial charge is 0.330 e. The van der Waals surface area contributed by atoms with Gasteiger partial charge in [0.25, 0.3) is 0 Å². The molecule has 1 aromatic heterocycles. The van der Waals surface area contributed by atoms with Crippen LogP contribution in [0.1, 0.15) is 6.92 Å². The lowest BCUT2D eigenvalue weighted by Crippen LogP contribution is -2.60. The molecule has 5 unspecified atom stereocenters. The van der Waals surface area contributed by atoms with E-state index in [1.807, 2.05) is 0 Å². The molecule has 1 saturated heterocycles. The second-order valence-electron chi connectivity index (χ2n) is 8.29. The number of aromatic hydroxyl groups is 1. The van der Waals surface area contributed by atoms with E-state index in [0.717, 1.165) is 0 Å². The number of benzene rings is 2. The van der Waals surface area contributed by atoms with E-state index in [-0.39, 0.29) is 45.8 Å². The van der Waals surface area contributed by atoms with Crippen molar-refractivity contribution in [3.05, 3.63) is 65.0 Å². The van der Waals surface area contributed by atoms with Gasteiger partial charge in [-0.3, -0.25) is 4.79 Å². The van der Waals surface area contributed by atoms with Gasteiger partial charge in [0, 0.05) is 12.1 Å². The topological polar surface area (TPSA) is 165 Å². The minimum atomic E-state index is -1.63. The number of allylic oxidation sites excluding steroid dienone is 1. The van der Waals surface area contributed by atoms with Crippen LogP contribution in [0.5, 0.6) is 17.2 Å². The van der Waals surface area contributed by atoms with Crippen molar-refractivity contribution in [3.63, 3.8) is 0 Å². The van der Waals surface area contributed by atoms with E-state index in [4.69, 9.17) is 23.4 Å². The van der Waals surface area contributed by atoms with Gasteiger partial charge in [-0.1, -0.05) is 12.1 Å². The number of phenolic OH excluding ortho intramolecular Hbond substituents is 1. The molecule has 0 aliphatic carbocycles. The quantitative estimate of drug-likeness (QED) is 0.267. The van der Waals surface area contributed by atoms with E-state index in [2.05, 4.69) is 0 Å². The van der Waals surface area contributed by atoms with Gasteiger partial charge in [-0.25, -0.2) is 4.79 Å². The maximum atomic E-state index is 13.1. The number of ether oxygens (including phenoxy) is 4. The van der Waals surface area contributed by atoms with Crippen LogP contribution < -0.4 is 14.9 Å². The number of fused-ring (bicyclic) bond motifs is 1. The van der Waals surface area contributed by atoms with Gasteiger partial charge < -0.3 is 43.8 Å². The van der Waals surface area contributed by atoms with Gasteiger partial charge in [0.15, 0.2) is 16.9 Å². The zero-order valence-corrected chi connectivity index (χ0v) is 19.9. The fourth-order valence-electron chi connectivity index (χ4n) is 3.87. The lowest BCUT2D eigenvalue weighted by atomic mass is 9.99. The molecule has 4 rings (SSSR count). The molecule has 1 aliphatic heterocycles. The lowest BCUT2D eigenvalue weighted by molar-refractivity contribution is -0.278. The van der Waals surface area contributed by atoms with Crippen molar-refractivity contribution in [1.29, 1.82) is 0 Å². The summed E-state index contributed by atoms with van der Waals surface area (Å²) in [4.78, 5) is 24.6. The van der Waals surface area contributed by atoms with Gasteiger partial charge in [-0.2, -0.15) is 0 Å². The second kappa shape index (κ2) is 11.0. The molecule has 0 bridgehead atoms. The Bertz CT molecular complexity index is 1360. The summed E-state index contributed by atoms with van der Waals surface area (Å²) in [5.41, 5.74) is 0.471. The molecule has 0 saturated carbocycles. The fourth-order valence-corrected chi connectivity index (χ4v) is 3.87. The normalized spacial score (nSPS) is 23.8. The van der Waals surface area contributed by atoms with Gasteiger partial charge in [-0.15, -0.1) is 0 Å². The van der Waals surface area contributed by atoms with Gasteiger partial charge in [0.2, 0.25) is 6.29 Å². The number of hydrogen-bond donors (Lipinski definition) is 4. The highest BCUT2D eigenvalue weighted by Crippen LogP contribution is 2.32. The minimum Gasteiger partial charge on any atom is -0.504 e. The first-order chi connectivity index (χ1) is 17.7. The number of hydrogen-bond acceptors (Lipinski definition) is 11. The summed E-state index contributed by atoms with van der Waals surface area (Å²) in [6, 6.07) is 8.84. The Balaban J connectivity index is 1.55. The van der Waals surface area contributed by atoms with Gasteiger partial charge in [-0.05, 0) is 36.8 Å². The molecular formula is C26H26O11. The molecule has 1 aliphatic rings. The van der Waals surface area contributed by atoms with Crippen LogP contribution in [0.25, 0.3) is 22.1 Å². The largest absolute Gasteiger partial charge is 0.504 e. The number of carbonyl (C=O) groups excluding carboxylic acids is 1. The summed E-state index contributed by atoms with van der Waals surface area (Å²) < 4.78 is 26.9. The molecule has 0 spiro atoms. The van der Waals surface area contributed by atoms with Gasteiger partial charge in [0.1, 0.15) is 48.6 Å². The molecule has 37 heavy (non-hydrogen) atoms. The Hall–Kier alpha value is -3.90. The van der Waals surface area contributed by atoms with E-state index in [0.29, 0.717) is 5.56 Å². The Morgan fingerprint density at radius 3 is 2.57 bits per heavy atom. The van der Waals surface area contributed by atoms with Crippen LogP contribution in [-0.2, 0) is 14.3 Å². The van der Waals surface area contributed by atoms with E-state index >= 15 is 0 Å². The molecule has 11 heteroatoms. The predicted octanol–water partition coefficient (Wildman–Crippen LogP) is 1.48. The van der Waals surface area contributed by atoms with E-state index in [1.54, 1.807) is 13.0 Å². The molecular weight excluding hydrogens is 488 g/mol. The lowest BCUT2D eigenvalue weighted by Gasteiger charge is -2.39. The first kappa shape index (κ1) is 26.2. The highest BCUT2D eigenvalue weighted by molar-refractivity contribution is 5.83. The number of aliphatic hydroxyl groups is 3. The molecule has 11 nitrogen and oxygen atoms in total. The van der Waals surface area contributed by atoms with Crippen LogP contribution in [0.3, 0.4) is 0 Å². The van der Waals surface area contributed by atoms with Crippen molar-refractivity contribution < 1.29 is 48.6 Å². The average molecular weight is 514 g/mol. The maximum absolute atomic E-state index is 13.1. The monoisotopic (exact) mass is 514 g/mol. The Morgan fingerprint density at radius 2 is 1.86 bits per heavy atom. The predicted molar refractivity (Wildman–Crippen MR) is 129 cm³/mol. The van der Waals surface area contributed by atoms with Gasteiger partial charge >= 0.3 is 5.97 Å². The number of rotatable bonds is 7. The third kappa shape index (κ3) is 5.44. The number of carbonyl (C=O) groups is 1. The standard InChI is InChI=1S/C26H26O11/c1-3-4-21(28)35-12-20-23(30)24(31)25(32)26(37-20)36-14-6-7-15-19(10-14)34-11-16(22(15)29)13-5-8-18(33-2)17(27)9-13/h3-11,20,23-27,30-32H,12H2,1-2H3. The summed E-state index contributed by atoms with van der Waals surface area (Å²) in [6.07, 6.45) is -3.46. The molecule has 3 aromatic rings. The number of aliphatic hydroxyl groups excluding tert-OH is 3. The molecule has 0 radical (unpaired) electrons. The summed E-state index contributed by atoms with van der Waals surface area (Å²) in [5, 5.41) is 41.1. The Labute approximate surface area is 210 Å². The van der Waals surface area contributed by atoms with E-state index in [1.165, 1.54) is 55.9 Å². The Kier molecular flexibility index (Phi) is 7.79. The molecule has 4 N–H and O–H groups in total. The SMILES string of the molecule is CC=CC(=O)OCC1OC(Oc2ccc3c(=O)c(-c4ccc(OC)c(O)c4)coc3c2)C(O)C(O)C1O. The number of esters is 1. The van der Waals surface area contributed by atoms with Gasteiger partial charge in [0.05, 0.1) is 18.1 Å². The van der Waals surface area contributed by atoms with E-state index in [9.17, 15) is 30.0 Å². The van der Waals surface area contributed by atoms with Crippen LogP contribution >= 0.6 is 0 Å². The third-order valence-corrected chi connectivity index (χ3v) is 5.85. The first-order valence-electron chi connectivity index (χ1n) is 11.3. The summed E-state index contributed by atoms with van der Waals surface area (Å²) in [6.45, 7) is 1.25. The number of phenols is 1. The summed E-state index contributed by atoms with van der Waals surface area (Å²) in [7, 11) is 1.42. The fraction of sp³-hybridized carbons (Fsp3) is 0.308. The van der Waals surface area contributed by atoms with Crippen LogP contribution in [0.4, 0.5) is 0 Å². The second-order valence-corrected chi connectivity index (χ2v) is 8.29. The molecule has 5 atom stereocenters.